The number of hydrogen-bond donors (Lipinski definition) is 3. The summed E-state index contributed by atoms with van der Waals surface area (Å²) < 4.78 is 28.2. The van der Waals surface area contributed by atoms with Gasteiger partial charge in [-0.2, -0.15) is 0 Å². The highest BCUT2D eigenvalue weighted by Gasteiger charge is 2.01. The Balaban J connectivity index is 2.32. The fraction of sp³-hybridized carbons (Fsp3) is 0.364. The van der Waals surface area contributed by atoms with Gasteiger partial charge < -0.3 is 10.1 Å². The summed E-state index contributed by atoms with van der Waals surface area (Å²) >= 11 is 0. The summed E-state index contributed by atoms with van der Waals surface area (Å²) in [6.07, 6.45) is -2.46. The third kappa shape index (κ3) is 6.12. The molecule has 5 nitrogen and oxygen atoms in total. The van der Waals surface area contributed by atoms with Gasteiger partial charge in [-0.15, -0.1) is 0 Å². The number of rotatable bonds is 6. The molecule has 0 radical (unpaired) electrons. The summed E-state index contributed by atoms with van der Waals surface area (Å²) in [5.74, 6) is 5.63. The monoisotopic (exact) mass is 258 g/mol. The quantitative estimate of drug-likeness (QED) is 0.236. The highest BCUT2D eigenvalue weighted by atomic mass is 19.3. The van der Waals surface area contributed by atoms with Gasteiger partial charge in [0.2, 0.25) is 5.96 Å². The zero-order chi connectivity index (χ0) is 13.2. The number of halogens is 2. The number of para-hydroxylation sites is 1. The number of nitrogens with zero attached hydrogens (tertiary/aromatic N) is 1. The lowest BCUT2D eigenvalue weighted by Crippen LogP contribution is -2.36. The molecular weight excluding hydrogens is 242 g/mol. The first-order valence-corrected chi connectivity index (χ1v) is 5.41. The van der Waals surface area contributed by atoms with E-state index in [1.807, 2.05) is 30.3 Å². The largest absolute Gasteiger partial charge is 0.374 e. The standard InChI is InChI=1S/C11H16F2N4O/c12-10(13)8-18-7-6-15-11(17-14)16-9-4-2-1-3-5-9/h1-5,10H,6-8,14H2,(H2,15,16,17). The zero-order valence-corrected chi connectivity index (χ0v) is 9.77. The Morgan fingerprint density at radius 1 is 1.33 bits per heavy atom. The van der Waals surface area contributed by atoms with E-state index in [-0.39, 0.29) is 13.2 Å². The minimum absolute atomic E-state index is 0.117. The number of nitrogens with one attached hydrogen (secondary N) is 2. The van der Waals surface area contributed by atoms with Gasteiger partial charge in [0, 0.05) is 5.69 Å². The zero-order valence-electron chi connectivity index (χ0n) is 9.77. The molecule has 0 aliphatic heterocycles. The Hall–Kier alpha value is -1.73. The van der Waals surface area contributed by atoms with Gasteiger partial charge in [0.1, 0.15) is 6.61 Å². The van der Waals surface area contributed by atoms with Crippen LogP contribution in [0.5, 0.6) is 0 Å². The summed E-state index contributed by atoms with van der Waals surface area (Å²) in [5.41, 5.74) is 3.21. The van der Waals surface area contributed by atoms with Gasteiger partial charge in [-0.25, -0.2) is 19.6 Å². The summed E-state index contributed by atoms with van der Waals surface area (Å²) in [6, 6.07) is 9.31. The van der Waals surface area contributed by atoms with Crippen molar-refractivity contribution < 1.29 is 13.5 Å². The van der Waals surface area contributed by atoms with Crippen molar-refractivity contribution in [3.8, 4) is 0 Å². The molecule has 0 aliphatic rings. The maximum absolute atomic E-state index is 11.8. The number of nitrogens with two attached hydrogens (primary N) is 1. The summed E-state index contributed by atoms with van der Waals surface area (Å²) in [7, 11) is 0. The molecule has 1 aromatic rings. The van der Waals surface area contributed by atoms with E-state index in [0.717, 1.165) is 5.69 Å². The Bertz CT molecular complexity index is 359. The van der Waals surface area contributed by atoms with Crippen molar-refractivity contribution in [3.05, 3.63) is 30.3 Å². The van der Waals surface area contributed by atoms with Crippen LogP contribution in [-0.2, 0) is 4.74 Å². The molecule has 0 spiro atoms. The maximum Gasteiger partial charge on any atom is 0.261 e. The fourth-order valence-corrected chi connectivity index (χ4v) is 1.17. The van der Waals surface area contributed by atoms with Crippen molar-refractivity contribution in [2.24, 2.45) is 10.8 Å². The van der Waals surface area contributed by atoms with E-state index in [2.05, 4.69) is 20.5 Å². The van der Waals surface area contributed by atoms with Crippen LogP contribution in [0.1, 0.15) is 0 Å². The molecule has 0 atom stereocenters. The lowest BCUT2D eigenvalue weighted by molar-refractivity contribution is 0.0207. The number of benzene rings is 1. The number of ether oxygens (including phenoxy) is 1. The van der Waals surface area contributed by atoms with E-state index in [4.69, 9.17) is 5.84 Å². The van der Waals surface area contributed by atoms with Gasteiger partial charge in [-0.3, -0.25) is 5.43 Å². The van der Waals surface area contributed by atoms with Crippen LogP contribution >= 0.6 is 0 Å². The molecule has 0 saturated carbocycles. The molecule has 0 fully saturated rings. The van der Waals surface area contributed by atoms with Crippen molar-refractivity contribution in [1.29, 1.82) is 0 Å². The van der Waals surface area contributed by atoms with Gasteiger partial charge in [-0.1, -0.05) is 18.2 Å². The van der Waals surface area contributed by atoms with E-state index in [1.165, 1.54) is 0 Å². The van der Waals surface area contributed by atoms with Gasteiger partial charge in [0.05, 0.1) is 13.2 Å². The van der Waals surface area contributed by atoms with Crippen LogP contribution < -0.4 is 16.6 Å². The van der Waals surface area contributed by atoms with Crippen molar-refractivity contribution in [3.63, 3.8) is 0 Å². The first-order chi connectivity index (χ1) is 8.72. The van der Waals surface area contributed by atoms with Crippen molar-refractivity contribution in [2.45, 2.75) is 6.43 Å². The molecule has 0 aliphatic carbocycles. The predicted octanol–water partition coefficient (Wildman–Crippen LogP) is 1.20. The Morgan fingerprint density at radius 2 is 2.06 bits per heavy atom. The van der Waals surface area contributed by atoms with Crippen molar-refractivity contribution in [1.82, 2.24) is 5.43 Å². The highest BCUT2D eigenvalue weighted by molar-refractivity contribution is 5.93. The highest BCUT2D eigenvalue weighted by Crippen LogP contribution is 2.04. The first-order valence-electron chi connectivity index (χ1n) is 5.41. The molecule has 0 bridgehead atoms. The number of alkyl halides is 2. The average molecular weight is 258 g/mol. The number of anilines is 1. The predicted molar refractivity (Wildman–Crippen MR) is 66.5 cm³/mol. The van der Waals surface area contributed by atoms with Crippen LogP contribution in [-0.4, -0.2) is 32.1 Å². The molecular formula is C11H16F2N4O. The van der Waals surface area contributed by atoms with Crippen LogP contribution in [0, 0.1) is 0 Å². The normalized spacial score (nSPS) is 11.7. The number of aliphatic imine (C=N–C) groups is 1. The molecule has 100 valence electrons. The smallest absolute Gasteiger partial charge is 0.261 e. The third-order valence-electron chi connectivity index (χ3n) is 1.92. The van der Waals surface area contributed by atoms with Crippen LogP contribution in [0.2, 0.25) is 0 Å². The molecule has 0 amide bonds. The van der Waals surface area contributed by atoms with Crippen LogP contribution in [0.4, 0.5) is 14.5 Å². The third-order valence-corrected chi connectivity index (χ3v) is 1.92. The van der Waals surface area contributed by atoms with E-state index >= 15 is 0 Å². The fourth-order valence-electron chi connectivity index (χ4n) is 1.17. The maximum atomic E-state index is 11.8. The molecule has 4 N–H and O–H groups in total. The number of hydrazine groups is 1. The average Bonchev–Trinajstić information content (AvgIpc) is 2.38. The topological polar surface area (TPSA) is 71.7 Å². The minimum Gasteiger partial charge on any atom is -0.374 e. The van der Waals surface area contributed by atoms with Crippen molar-refractivity contribution in [2.75, 3.05) is 25.1 Å². The lowest BCUT2D eigenvalue weighted by Gasteiger charge is -2.09. The molecule has 0 saturated heterocycles. The summed E-state index contributed by atoms with van der Waals surface area (Å²) in [6.45, 7) is -0.217. The van der Waals surface area contributed by atoms with E-state index < -0.39 is 13.0 Å². The van der Waals surface area contributed by atoms with Crippen LogP contribution in [0.25, 0.3) is 0 Å². The Labute approximate surface area is 104 Å². The van der Waals surface area contributed by atoms with Crippen LogP contribution in [0.15, 0.2) is 35.3 Å². The minimum atomic E-state index is -2.46. The molecule has 1 rings (SSSR count). The van der Waals surface area contributed by atoms with E-state index in [0.29, 0.717) is 5.96 Å². The molecule has 0 unspecified atom stereocenters. The van der Waals surface area contributed by atoms with E-state index in [1.54, 1.807) is 0 Å². The first kappa shape index (κ1) is 14.3. The molecule has 7 heteroatoms. The second-order valence-corrected chi connectivity index (χ2v) is 3.33. The SMILES string of the molecule is NNC(=NCCOCC(F)F)Nc1ccccc1. The molecule has 0 heterocycles. The van der Waals surface area contributed by atoms with Gasteiger partial charge in [-0.05, 0) is 12.1 Å². The second kappa shape index (κ2) is 8.37. The Kier molecular flexibility index (Phi) is 6.67. The number of hydrogen-bond acceptors (Lipinski definition) is 3. The van der Waals surface area contributed by atoms with Gasteiger partial charge in [0.15, 0.2) is 0 Å². The summed E-state index contributed by atoms with van der Waals surface area (Å²) in [4.78, 5) is 4.03. The van der Waals surface area contributed by atoms with E-state index in [9.17, 15) is 8.78 Å². The molecule has 0 aromatic heterocycles. The van der Waals surface area contributed by atoms with Crippen LogP contribution in [0.3, 0.4) is 0 Å². The second-order valence-electron chi connectivity index (χ2n) is 3.33. The van der Waals surface area contributed by atoms with Crippen molar-refractivity contribution >= 4 is 11.6 Å². The number of guanidine groups is 1. The summed E-state index contributed by atoms with van der Waals surface area (Å²) in [5, 5.41) is 2.94. The molecule has 1 aromatic carbocycles. The Morgan fingerprint density at radius 3 is 2.67 bits per heavy atom. The van der Waals surface area contributed by atoms with Gasteiger partial charge >= 0.3 is 0 Å². The molecule has 18 heavy (non-hydrogen) atoms. The lowest BCUT2D eigenvalue weighted by atomic mass is 10.3. The van der Waals surface area contributed by atoms with Gasteiger partial charge in [0.25, 0.3) is 6.43 Å².